The molecule has 1 nitrogen and oxygen atoms in total. The summed E-state index contributed by atoms with van der Waals surface area (Å²) in [5.41, 5.74) is 0. The van der Waals surface area contributed by atoms with E-state index in [1.165, 1.54) is 70.6 Å². The van der Waals surface area contributed by atoms with Gasteiger partial charge in [-0.3, -0.25) is 0 Å². The molecule has 1 heteroatoms. The predicted octanol–water partition coefficient (Wildman–Crippen LogP) is 5.91. The molecule has 0 aromatic rings. The summed E-state index contributed by atoms with van der Waals surface area (Å²) in [7, 11) is 0. The molecule has 0 amide bonds. The second-order valence-corrected chi connectivity index (χ2v) is 5.64. The molecular formula is C17H34O. The zero-order valence-electron chi connectivity index (χ0n) is 12.8. The standard InChI is InChI=1S/C17H34O/c1-3-5-6-7-8-9-10-11-14-17(4-2)15-12-13-16-18/h16-17H,3-15H2,1-2H3. The first-order valence-corrected chi connectivity index (χ1v) is 8.28. The van der Waals surface area contributed by atoms with Gasteiger partial charge < -0.3 is 4.79 Å². The minimum atomic E-state index is 0.758. The topological polar surface area (TPSA) is 17.1 Å². The van der Waals surface area contributed by atoms with Crippen LogP contribution in [0.5, 0.6) is 0 Å². The summed E-state index contributed by atoms with van der Waals surface area (Å²) in [6, 6.07) is 0. The molecule has 0 aromatic heterocycles. The average Bonchev–Trinajstić information content (AvgIpc) is 2.40. The first-order chi connectivity index (χ1) is 8.85. The fourth-order valence-electron chi connectivity index (χ4n) is 2.61. The maximum Gasteiger partial charge on any atom is 0.119 e. The summed E-state index contributed by atoms with van der Waals surface area (Å²) >= 11 is 0. The average molecular weight is 254 g/mol. The Balaban J connectivity index is 3.25. The lowest BCUT2D eigenvalue weighted by Crippen LogP contribution is -1.99. The molecule has 1 atom stereocenters. The van der Waals surface area contributed by atoms with Crippen LogP contribution in [0.25, 0.3) is 0 Å². The molecule has 0 aliphatic heterocycles. The van der Waals surface area contributed by atoms with Gasteiger partial charge in [-0.1, -0.05) is 84.5 Å². The van der Waals surface area contributed by atoms with Gasteiger partial charge in [-0.15, -0.1) is 0 Å². The lowest BCUT2D eigenvalue weighted by Gasteiger charge is -2.13. The number of carbonyl (C=O) groups is 1. The van der Waals surface area contributed by atoms with Gasteiger partial charge in [-0.05, 0) is 12.3 Å². The minimum absolute atomic E-state index is 0.758. The maximum absolute atomic E-state index is 10.3. The summed E-state index contributed by atoms with van der Waals surface area (Å²) < 4.78 is 0. The summed E-state index contributed by atoms with van der Waals surface area (Å²) in [6.45, 7) is 4.56. The van der Waals surface area contributed by atoms with E-state index in [0.29, 0.717) is 0 Å². The molecule has 1 unspecified atom stereocenters. The van der Waals surface area contributed by atoms with Crippen molar-refractivity contribution in [1.82, 2.24) is 0 Å². The summed E-state index contributed by atoms with van der Waals surface area (Å²) in [5.74, 6) is 0.866. The van der Waals surface area contributed by atoms with Gasteiger partial charge in [0, 0.05) is 6.42 Å². The van der Waals surface area contributed by atoms with Gasteiger partial charge in [0.2, 0.25) is 0 Å². The van der Waals surface area contributed by atoms with Gasteiger partial charge in [-0.2, -0.15) is 0 Å². The molecule has 0 bridgehead atoms. The second-order valence-electron chi connectivity index (χ2n) is 5.64. The molecule has 0 fully saturated rings. The first kappa shape index (κ1) is 17.7. The van der Waals surface area contributed by atoms with E-state index in [4.69, 9.17) is 0 Å². The van der Waals surface area contributed by atoms with Crippen molar-refractivity contribution in [3.63, 3.8) is 0 Å². The molecule has 0 radical (unpaired) electrons. The third kappa shape index (κ3) is 12.1. The minimum Gasteiger partial charge on any atom is -0.303 e. The van der Waals surface area contributed by atoms with Crippen LogP contribution in [0.3, 0.4) is 0 Å². The van der Waals surface area contributed by atoms with Crippen LogP contribution in [0.2, 0.25) is 0 Å². The lowest BCUT2D eigenvalue weighted by atomic mass is 9.93. The van der Waals surface area contributed by atoms with Crippen molar-refractivity contribution < 1.29 is 4.79 Å². The molecule has 0 heterocycles. The van der Waals surface area contributed by atoms with E-state index in [-0.39, 0.29) is 0 Å². The van der Waals surface area contributed by atoms with Crippen LogP contribution < -0.4 is 0 Å². The van der Waals surface area contributed by atoms with E-state index < -0.39 is 0 Å². The normalized spacial score (nSPS) is 12.6. The van der Waals surface area contributed by atoms with E-state index in [9.17, 15) is 4.79 Å². The zero-order valence-corrected chi connectivity index (χ0v) is 12.8. The number of hydrogen-bond donors (Lipinski definition) is 0. The Bertz CT molecular complexity index is 165. The highest BCUT2D eigenvalue weighted by Crippen LogP contribution is 2.20. The number of rotatable bonds is 14. The predicted molar refractivity (Wildman–Crippen MR) is 80.9 cm³/mol. The number of aldehydes is 1. The van der Waals surface area contributed by atoms with Gasteiger partial charge in [0.15, 0.2) is 0 Å². The van der Waals surface area contributed by atoms with Gasteiger partial charge >= 0.3 is 0 Å². The highest BCUT2D eigenvalue weighted by atomic mass is 16.1. The van der Waals surface area contributed by atoms with Crippen LogP contribution in [0.4, 0.5) is 0 Å². The number of hydrogen-bond acceptors (Lipinski definition) is 1. The zero-order chi connectivity index (χ0) is 13.5. The second kappa shape index (κ2) is 14.7. The van der Waals surface area contributed by atoms with E-state index >= 15 is 0 Å². The summed E-state index contributed by atoms with van der Waals surface area (Å²) in [6.07, 6.45) is 18.1. The molecule has 0 saturated heterocycles. The van der Waals surface area contributed by atoms with Crippen LogP contribution in [-0.2, 0) is 4.79 Å². The monoisotopic (exact) mass is 254 g/mol. The molecule has 0 rings (SSSR count). The Hall–Kier alpha value is -0.330. The van der Waals surface area contributed by atoms with E-state index in [1.807, 2.05) is 0 Å². The first-order valence-electron chi connectivity index (χ1n) is 8.28. The fraction of sp³-hybridized carbons (Fsp3) is 0.941. The summed E-state index contributed by atoms with van der Waals surface area (Å²) in [5, 5.41) is 0. The van der Waals surface area contributed by atoms with Gasteiger partial charge in [0.25, 0.3) is 0 Å². The van der Waals surface area contributed by atoms with Crippen molar-refractivity contribution in [3.05, 3.63) is 0 Å². The van der Waals surface area contributed by atoms with Gasteiger partial charge in [-0.25, -0.2) is 0 Å². The van der Waals surface area contributed by atoms with Crippen LogP contribution in [0.1, 0.15) is 97.3 Å². The Kier molecular flexibility index (Phi) is 14.5. The highest BCUT2D eigenvalue weighted by Gasteiger charge is 2.05. The van der Waals surface area contributed by atoms with Crippen molar-refractivity contribution in [3.8, 4) is 0 Å². The third-order valence-corrected chi connectivity index (χ3v) is 3.98. The SMILES string of the molecule is CCCCCCCCCCC(CC)CCCC=O. The van der Waals surface area contributed by atoms with Gasteiger partial charge in [0.1, 0.15) is 6.29 Å². The maximum atomic E-state index is 10.3. The van der Waals surface area contributed by atoms with Crippen LogP contribution in [0.15, 0.2) is 0 Å². The highest BCUT2D eigenvalue weighted by molar-refractivity contribution is 5.48. The molecule has 0 N–H and O–H groups in total. The molecular weight excluding hydrogens is 220 g/mol. The van der Waals surface area contributed by atoms with E-state index in [2.05, 4.69) is 13.8 Å². The molecule has 0 saturated carbocycles. The Morgan fingerprint density at radius 3 is 1.89 bits per heavy atom. The molecule has 0 aromatic carbocycles. The smallest absolute Gasteiger partial charge is 0.119 e. The molecule has 18 heavy (non-hydrogen) atoms. The summed E-state index contributed by atoms with van der Waals surface area (Å²) in [4.78, 5) is 10.3. The molecule has 0 aliphatic rings. The fourth-order valence-corrected chi connectivity index (χ4v) is 2.61. The quantitative estimate of drug-likeness (QED) is 0.278. The Labute approximate surface area is 115 Å². The molecule has 0 aliphatic carbocycles. The van der Waals surface area contributed by atoms with Crippen LogP contribution in [0, 0.1) is 5.92 Å². The molecule has 108 valence electrons. The van der Waals surface area contributed by atoms with Crippen LogP contribution >= 0.6 is 0 Å². The van der Waals surface area contributed by atoms with E-state index in [0.717, 1.165) is 25.0 Å². The number of carbonyl (C=O) groups excluding carboxylic acids is 1. The molecule has 0 spiro atoms. The Morgan fingerprint density at radius 1 is 0.778 bits per heavy atom. The van der Waals surface area contributed by atoms with Crippen molar-refractivity contribution >= 4 is 6.29 Å². The van der Waals surface area contributed by atoms with Crippen molar-refractivity contribution in [2.45, 2.75) is 97.3 Å². The largest absolute Gasteiger partial charge is 0.303 e. The van der Waals surface area contributed by atoms with Crippen molar-refractivity contribution in [1.29, 1.82) is 0 Å². The van der Waals surface area contributed by atoms with Gasteiger partial charge in [0.05, 0.1) is 0 Å². The number of unbranched alkanes of at least 4 members (excludes halogenated alkanes) is 8. The van der Waals surface area contributed by atoms with Crippen molar-refractivity contribution in [2.75, 3.05) is 0 Å². The van der Waals surface area contributed by atoms with Crippen LogP contribution in [-0.4, -0.2) is 6.29 Å². The lowest BCUT2D eigenvalue weighted by molar-refractivity contribution is -0.108. The third-order valence-electron chi connectivity index (χ3n) is 3.98. The van der Waals surface area contributed by atoms with Crippen molar-refractivity contribution in [2.24, 2.45) is 5.92 Å². The van der Waals surface area contributed by atoms with E-state index in [1.54, 1.807) is 0 Å². The Morgan fingerprint density at radius 2 is 1.33 bits per heavy atom.